The largest absolute Gasteiger partial charge is 0.481 e. The average molecular weight is 202 g/mol. The van der Waals surface area contributed by atoms with Crippen molar-refractivity contribution in [1.29, 1.82) is 0 Å². The van der Waals surface area contributed by atoms with Crippen molar-refractivity contribution in [1.82, 2.24) is 0 Å². The smallest absolute Gasteiger partial charge is 0.314 e. The minimum atomic E-state index is -1.08. The van der Waals surface area contributed by atoms with E-state index >= 15 is 0 Å². The number of carbonyl (C=O) groups is 3. The summed E-state index contributed by atoms with van der Waals surface area (Å²) in [7, 11) is 0. The van der Waals surface area contributed by atoms with E-state index < -0.39 is 17.9 Å². The second-order valence-electron chi connectivity index (χ2n) is 2.84. The fourth-order valence-corrected chi connectivity index (χ4v) is 0.759. The van der Waals surface area contributed by atoms with E-state index in [1.165, 1.54) is 0 Å². The fraction of sp³-hybridized carbons (Fsp3) is 0.667. The first-order valence-corrected chi connectivity index (χ1v) is 4.51. The van der Waals surface area contributed by atoms with Crippen LogP contribution in [-0.4, -0.2) is 23.0 Å². The van der Waals surface area contributed by atoms with Crippen molar-refractivity contribution >= 4 is 17.9 Å². The van der Waals surface area contributed by atoms with Crippen molar-refractivity contribution in [2.45, 2.75) is 39.0 Å². The second-order valence-corrected chi connectivity index (χ2v) is 2.84. The lowest BCUT2D eigenvalue weighted by Crippen LogP contribution is -2.13. The molecule has 0 aromatic carbocycles. The minimum Gasteiger partial charge on any atom is -0.481 e. The predicted octanol–water partition coefficient (Wildman–Crippen LogP) is 1.11. The van der Waals surface area contributed by atoms with E-state index in [0.717, 1.165) is 6.42 Å². The van der Waals surface area contributed by atoms with Crippen LogP contribution in [0.15, 0.2) is 0 Å². The van der Waals surface area contributed by atoms with Gasteiger partial charge in [0.2, 0.25) is 0 Å². The lowest BCUT2D eigenvalue weighted by molar-refractivity contribution is -0.161. The standard InChI is InChI=1S/C9H14O5/c1-2-3-4-8(12)14-9(13)6-5-7(10)11/h2-6H2,1H3,(H,10,11). The quantitative estimate of drug-likeness (QED) is 0.515. The summed E-state index contributed by atoms with van der Waals surface area (Å²) in [4.78, 5) is 31.8. The van der Waals surface area contributed by atoms with Gasteiger partial charge in [-0.1, -0.05) is 13.3 Å². The summed E-state index contributed by atoms with van der Waals surface area (Å²) < 4.78 is 4.36. The Bertz CT molecular complexity index is 221. The van der Waals surface area contributed by atoms with E-state index in [1.54, 1.807) is 0 Å². The van der Waals surface area contributed by atoms with Crippen LogP contribution < -0.4 is 0 Å². The molecule has 0 unspecified atom stereocenters. The number of unbranched alkanes of at least 4 members (excludes halogenated alkanes) is 1. The molecule has 0 radical (unpaired) electrons. The highest BCUT2D eigenvalue weighted by Gasteiger charge is 2.11. The van der Waals surface area contributed by atoms with Crippen LogP contribution in [-0.2, 0) is 19.1 Å². The zero-order valence-corrected chi connectivity index (χ0v) is 8.12. The summed E-state index contributed by atoms with van der Waals surface area (Å²) in [5, 5.41) is 8.25. The molecular weight excluding hydrogens is 188 g/mol. The molecule has 80 valence electrons. The number of carboxylic acids is 1. The Morgan fingerprint density at radius 1 is 1.07 bits per heavy atom. The van der Waals surface area contributed by atoms with E-state index in [1.807, 2.05) is 6.92 Å². The molecule has 0 rings (SSSR count). The van der Waals surface area contributed by atoms with Gasteiger partial charge in [0.25, 0.3) is 0 Å². The SMILES string of the molecule is CCCCC(=O)OC(=O)CCC(=O)O. The summed E-state index contributed by atoms with van der Waals surface area (Å²) in [6, 6.07) is 0. The number of carboxylic acid groups (broad SMARTS) is 1. The van der Waals surface area contributed by atoms with E-state index in [4.69, 9.17) is 5.11 Å². The molecule has 0 saturated heterocycles. The number of hydrogen-bond donors (Lipinski definition) is 1. The van der Waals surface area contributed by atoms with Gasteiger partial charge in [-0.05, 0) is 6.42 Å². The van der Waals surface area contributed by atoms with E-state index in [2.05, 4.69) is 4.74 Å². The van der Waals surface area contributed by atoms with Crippen LogP contribution >= 0.6 is 0 Å². The number of ether oxygens (including phenoxy) is 1. The number of esters is 2. The van der Waals surface area contributed by atoms with Crippen LogP contribution in [0.25, 0.3) is 0 Å². The molecule has 0 aliphatic rings. The van der Waals surface area contributed by atoms with Gasteiger partial charge < -0.3 is 9.84 Å². The van der Waals surface area contributed by atoms with Gasteiger partial charge >= 0.3 is 17.9 Å². The first-order chi connectivity index (χ1) is 6.56. The topological polar surface area (TPSA) is 80.7 Å². The van der Waals surface area contributed by atoms with Gasteiger partial charge in [0.05, 0.1) is 12.8 Å². The molecule has 5 heteroatoms. The van der Waals surface area contributed by atoms with Crippen LogP contribution in [0.3, 0.4) is 0 Å². The van der Waals surface area contributed by atoms with Crippen LogP contribution in [0.4, 0.5) is 0 Å². The zero-order chi connectivity index (χ0) is 11.0. The van der Waals surface area contributed by atoms with Gasteiger partial charge in [0.15, 0.2) is 0 Å². The van der Waals surface area contributed by atoms with Crippen molar-refractivity contribution in [2.24, 2.45) is 0 Å². The Hall–Kier alpha value is -1.39. The molecule has 14 heavy (non-hydrogen) atoms. The summed E-state index contributed by atoms with van der Waals surface area (Å²) in [5.74, 6) is -2.43. The van der Waals surface area contributed by atoms with Gasteiger partial charge in [-0.25, -0.2) is 0 Å². The molecule has 0 aromatic rings. The third-order valence-corrected chi connectivity index (χ3v) is 1.51. The summed E-state index contributed by atoms with van der Waals surface area (Å²) in [6.07, 6.45) is 1.16. The molecule has 0 amide bonds. The van der Waals surface area contributed by atoms with E-state index in [-0.39, 0.29) is 19.3 Å². The Morgan fingerprint density at radius 2 is 1.64 bits per heavy atom. The normalized spacial score (nSPS) is 9.50. The second kappa shape index (κ2) is 7.06. The van der Waals surface area contributed by atoms with Gasteiger partial charge in [-0.15, -0.1) is 0 Å². The maximum absolute atomic E-state index is 10.9. The number of hydrogen-bond acceptors (Lipinski definition) is 4. The number of carbonyl (C=O) groups excluding carboxylic acids is 2. The lowest BCUT2D eigenvalue weighted by atomic mass is 10.2. The number of rotatable bonds is 6. The van der Waals surface area contributed by atoms with Crippen LogP contribution in [0.2, 0.25) is 0 Å². The first kappa shape index (κ1) is 12.6. The van der Waals surface area contributed by atoms with Gasteiger partial charge in [0, 0.05) is 6.42 Å². The number of aliphatic carboxylic acids is 1. The minimum absolute atomic E-state index is 0.204. The van der Waals surface area contributed by atoms with Gasteiger partial charge in [-0.2, -0.15) is 0 Å². The maximum Gasteiger partial charge on any atom is 0.314 e. The molecule has 5 nitrogen and oxygen atoms in total. The molecule has 0 spiro atoms. The van der Waals surface area contributed by atoms with Crippen LogP contribution in [0, 0.1) is 0 Å². The lowest BCUT2D eigenvalue weighted by Gasteiger charge is -2.00. The Kier molecular flexibility index (Phi) is 6.36. The molecule has 0 bridgehead atoms. The van der Waals surface area contributed by atoms with E-state index in [9.17, 15) is 14.4 Å². The monoisotopic (exact) mass is 202 g/mol. The third-order valence-electron chi connectivity index (χ3n) is 1.51. The van der Waals surface area contributed by atoms with Crippen LogP contribution in [0.5, 0.6) is 0 Å². The van der Waals surface area contributed by atoms with Gasteiger partial charge in [0.1, 0.15) is 0 Å². The molecule has 0 atom stereocenters. The van der Waals surface area contributed by atoms with Crippen molar-refractivity contribution in [3.8, 4) is 0 Å². The van der Waals surface area contributed by atoms with Crippen molar-refractivity contribution in [3.63, 3.8) is 0 Å². The van der Waals surface area contributed by atoms with Gasteiger partial charge in [-0.3, -0.25) is 14.4 Å². The highest BCUT2D eigenvalue weighted by atomic mass is 16.6. The third kappa shape index (κ3) is 7.27. The summed E-state index contributed by atoms with van der Waals surface area (Å²) in [6.45, 7) is 1.92. The highest BCUT2D eigenvalue weighted by Crippen LogP contribution is 1.99. The Morgan fingerprint density at radius 3 is 2.14 bits per heavy atom. The van der Waals surface area contributed by atoms with Crippen molar-refractivity contribution in [2.75, 3.05) is 0 Å². The summed E-state index contributed by atoms with van der Waals surface area (Å²) in [5.41, 5.74) is 0. The predicted molar refractivity (Wildman–Crippen MR) is 47.5 cm³/mol. The zero-order valence-electron chi connectivity index (χ0n) is 8.12. The highest BCUT2D eigenvalue weighted by molar-refractivity contribution is 5.86. The van der Waals surface area contributed by atoms with E-state index in [0.29, 0.717) is 6.42 Å². The molecule has 1 N–H and O–H groups in total. The van der Waals surface area contributed by atoms with Crippen molar-refractivity contribution < 1.29 is 24.2 Å². The molecule has 0 saturated carbocycles. The average Bonchev–Trinajstić information content (AvgIpc) is 2.11. The Labute approximate surface area is 82.1 Å². The molecule has 0 aliphatic carbocycles. The maximum atomic E-state index is 10.9. The molecule has 0 aromatic heterocycles. The van der Waals surface area contributed by atoms with Crippen molar-refractivity contribution in [3.05, 3.63) is 0 Å². The van der Waals surface area contributed by atoms with Crippen LogP contribution in [0.1, 0.15) is 39.0 Å². The molecular formula is C9H14O5. The first-order valence-electron chi connectivity index (χ1n) is 4.51. The molecule has 0 fully saturated rings. The fourth-order valence-electron chi connectivity index (χ4n) is 0.759. The molecule has 0 aliphatic heterocycles. The molecule has 0 heterocycles. The Balaban J connectivity index is 3.60. The summed E-state index contributed by atoms with van der Waals surface area (Å²) >= 11 is 0.